The van der Waals surface area contributed by atoms with Crippen LogP contribution in [0.2, 0.25) is 0 Å². The molecule has 1 atom stereocenters. The van der Waals surface area contributed by atoms with Crippen LogP contribution in [0.5, 0.6) is 0 Å². The second-order valence-electron chi connectivity index (χ2n) is 4.78. The maximum absolute atomic E-state index is 5.79. The maximum atomic E-state index is 5.79. The Morgan fingerprint density at radius 1 is 1.33 bits per heavy atom. The van der Waals surface area contributed by atoms with Crippen molar-refractivity contribution in [2.24, 2.45) is 11.1 Å². The molecule has 0 rings (SSSR count). The Balaban J connectivity index is 5.63. The lowest BCUT2D eigenvalue weighted by atomic mass is 9.71. The molecular formula is C16H28N2. The second kappa shape index (κ2) is 7.80. The van der Waals surface area contributed by atoms with Crippen LogP contribution in [-0.4, -0.2) is 7.05 Å². The fourth-order valence-corrected chi connectivity index (χ4v) is 2.21. The number of nitrogens with two attached hydrogens (primary N) is 1. The van der Waals surface area contributed by atoms with Crippen LogP contribution >= 0.6 is 0 Å². The second-order valence-corrected chi connectivity index (χ2v) is 4.78. The normalized spacial score (nSPS) is 16.7. The molecule has 0 saturated heterocycles. The van der Waals surface area contributed by atoms with Gasteiger partial charge in [-0.3, -0.25) is 0 Å². The standard InChI is InChI=1S/C16H28N2/c1-7-9-10-16(13(3)4,11-14(5)8-2)15(12-17)18-6/h7-9,12,18H,3,10-11,17H2,1-2,4-6H3/b9-7+,14-8+,15-12-. The van der Waals surface area contributed by atoms with Crippen LogP contribution in [0, 0.1) is 5.41 Å². The summed E-state index contributed by atoms with van der Waals surface area (Å²) in [5.74, 6) is 0. The Kier molecular flexibility index (Phi) is 7.18. The Morgan fingerprint density at radius 2 is 1.94 bits per heavy atom. The molecule has 0 aromatic heterocycles. The number of allylic oxidation sites excluding steroid dienone is 5. The largest absolute Gasteiger partial charge is 0.403 e. The molecule has 3 N–H and O–H groups in total. The van der Waals surface area contributed by atoms with Crippen LogP contribution in [0.3, 0.4) is 0 Å². The van der Waals surface area contributed by atoms with Crippen molar-refractivity contribution in [3.05, 3.63) is 47.9 Å². The zero-order valence-electron chi connectivity index (χ0n) is 12.5. The molecule has 0 saturated carbocycles. The molecule has 0 amide bonds. The van der Waals surface area contributed by atoms with Gasteiger partial charge in [0, 0.05) is 24.4 Å². The van der Waals surface area contributed by atoms with Crippen molar-refractivity contribution in [1.29, 1.82) is 0 Å². The van der Waals surface area contributed by atoms with Crippen molar-refractivity contribution in [3.8, 4) is 0 Å². The van der Waals surface area contributed by atoms with Crippen LogP contribution in [0.15, 0.2) is 47.9 Å². The highest BCUT2D eigenvalue weighted by Crippen LogP contribution is 2.42. The first kappa shape index (κ1) is 16.6. The van der Waals surface area contributed by atoms with E-state index in [1.165, 1.54) is 5.57 Å². The molecule has 1 unspecified atom stereocenters. The fraction of sp³-hybridized carbons (Fsp3) is 0.500. The molecule has 0 aliphatic heterocycles. The third-order valence-corrected chi connectivity index (χ3v) is 3.54. The predicted molar refractivity (Wildman–Crippen MR) is 82.1 cm³/mol. The van der Waals surface area contributed by atoms with Crippen molar-refractivity contribution in [2.75, 3.05) is 7.05 Å². The summed E-state index contributed by atoms with van der Waals surface area (Å²) in [4.78, 5) is 0. The summed E-state index contributed by atoms with van der Waals surface area (Å²) >= 11 is 0. The van der Waals surface area contributed by atoms with Gasteiger partial charge in [-0.25, -0.2) is 0 Å². The number of hydrogen-bond donors (Lipinski definition) is 2. The van der Waals surface area contributed by atoms with Gasteiger partial charge >= 0.3 is 0 Å². The first-order chi connectivity index (χ1) is 8.48. The van der Waals surface area contributed by atoms with E-state index in [1.807, 2.05) is 14.0 Å². The van der Waals surface area contributed by atoms with E-state index >= 15 is 0 Å². The summed E-state index contributed by atoms with van der Waals surface area (Å²) in [7, 11) is 1.91. The van der Waals surface area contributed by atoms with Crippen molar-refractivity contribution in [2.45, 2.75) is 40.5 Å². The van der Waals surface area contributed by atoms with Gasteiger partial charge < -0.3 is 11.1 Å². The summed E-state index contributed by atoms with van der Waals surface area (Å²) in [6.45, 7) is 12.5. The zero-order valence-corrected chi connectivity index (χ0v) is 12.5. The average Bonchev–Trinajstić information content (AvgIpc) is 2.36. The summed E-state index contributed by atoms with van der Waals surface area (Å²) < 4.78 is 0. The highest BCUT2D eigenvalue weighted by atomic mass is 14.9. The van der Waals surface area contributed by atoms with E-state index in [-0.39, 0.29) is 5.41 Å². The quantitative estimate of drug-likeness (QED) is 0.671. The molecule has 2 heteroatoms. The minimum atomic E-state index is -0.132. The van der Waals surface area contributed by atoms with E-state index in [1.54, 1.807) is 6.20 Å². The third-order valence-electron chi connectivity index (χ3n) is 3.54. The number of hydrogen-bond acceptors (Lipinski definition) is 2. The lowest BCUT2D eigenvalue weighted by Gasteiger charge is -2.36. The smallest absolute Gasteiger partial charge is 0.0389 e. The molecule has 2 nitrogen and oxygen atoms in total. The lowest BCUT2D eigenvalue weighted by molar-refractivity contribution is 0.406. The van der Waals surface area contributed by atoms with Gasteiger partial charge in [-0.2, -0.15) is 0 Å². The minimum Gasteiger partial charge on any atom is -0.403 e. The van der Waals surface area contributed by atoms with Crippen molar-refractivity contribution >= 4 is 0 Å². The SMILES string of the molecule is C=C(C)C(C/C=C/C)(C/C(C)=C/C)/C(=C/N)NC. The molecule has 0 aromatic carbocycles. The van der Waals surface area contributed by atoms with Crippen molar-refractivity contribution in [1.82, 2.24) is 5.32 Å². The van der Waals surface area contributed by atoms with E-state index in [4.69, 9.17) is 5.73 Å². The van der Waals surface area contributed by atoms with Crippen LogP contribution in [0.4, 0.5) is 0 Å². The first-order valence-electron chi connectivity index (χ1n) is 6.47. The molecule has 0 radical (unpaired) electrons. The van der Waals surface area contributed by atoms with Crippen LogP contribution in [-0.2, 0) is 0 Å². The molecule has 102 valence electrons. The van der Waals surface area contributed by atoms with Crippen molar-refractivity contribution in [3.63, 3.8) is 0 Å². The molecule has 0 bridgehead atoms. The van der Waals surface area contributed by atoms with Gasteiger partial charge in [0.15, 0.2) is 0 Å². The maximum Gasteiger partial charge on any atom is 0.0389 e. The van der Waals surface area contributed by atoms with Gasteiger partial charge in [0.2, 0.25) is 0 Å². The van der Waals surface area contributed by atoms with Crippen molar-refractivity contribution < 1.29 is 0 Å². The summed E-state index contributed by atoms with van der Waals surface area (Å²) in [5.41, 5.74) is 9.17. The van der Waals surface area contributed by atoms with Gasteiger partial charge in [-0.05, 0) is 40.5 Å². The van der Waals surface area contributed by atoms with Gasteiger partial charge in [0.05, 0.1) is 0 Å². The van der Waals surface area contributed by atoms with Crippen LogP contribution in [0.25, 0.3) is 0 Å². The predicted octanol–water partition coefficient (Wildman–Crippen LogP) is 3.89. The van der Waals surface area contributed by atoms with Gasteiger partial charge in [0.25, 0.3) is 0 Å². The van der Waals surface area contributed by atoms with Gasteiger partial charge in [-0.1, -0.05) is 36.0 Å². The molecule has 0 fully saturated rings. The molecule has 0 spiro atoms. The van der Waals surface area contributed by atoms with E-state index in [2.05, 4.69) is 50.9 Å². The zero-order chi connectivity index (χ0) is 14.2. The molecule has 18 heavy (non-hydrogen) atoms. The molecule has 0 aromatic rings. The number of nitrogens with one attached hydrogen (secondary N) is 1. The van der Waals surface area contributed by atoms with Gasteiger partial charge in [-0.15, -0.1) is 0 Å². The van der Waals surface area contributed by atoms with E-state index in [0.717, 1.165) is 24.1 Å². The third kappa shape index (κ3) is 3.80. The Hall–Kier alpha value is -1.44. The van der Waals surface area contributed by atoms with E-state index < -0.39 is 0 Å². The monoisotopic (exact) mass is 248 g/mol. The highest BCUT2D eigenvalue weighted by Gasteiger charge is 2.33. The summed E-state index contributed by atoms with van der Waals surface area (Å²) in [5, 5.41) is 3.23. The summed E-state index contributed by atoms with van der Waals surface area (Å²) in [6, 6.07) is 0. The molecule has 0 heterocycles. The summed E-state index contributed by atoms with van der Waals surface area (Å²) in [6.07, 6.45) is 9.92. The minimum absolute atomic E-state index is 0.132. The molecule has 0 aliphatic carbocycles. The van der Waals surface area contributed by atoms with E-state index in [9.17, 15) is 0 Å². The number of rotatable bonds is 7. The average molecular weight is 248 g/mol. The van der Waals surface area contributed by atoms with E-state index in [0.29, 0.717) is 0 Å². The Bertz CT molecular complexity index is 361. The Morgan fingerprint density at radius 3 is 2.28 bits per heavy atom. The highest BCUT2D eigenvalue weighted by molar-refractivity contribution is 5.29. The lowest BCUT2D eigenvalue weighted by Crippen LogP contribution is -2.32. The molecular weight excluding hydrogens is 220 g/mol. The molecule has 0 aliphatic rings. The topological polar surface area (TPSA) is 38.0 Å². The van der Waals surface area contributed by atoms with Crippen LogP contribution in [0.1, 0.15) is 40.5 Å². The fourth-order valence-electron chi connectivity index (χ4n) is 2.21. The van der Waals surface area contributed by atoms with Crippen LogP contribution < -0.4 is 11.1 Å². The van der Waals surface area contributed by atoms with Gasteiger partial charge in [0.1, 0.15) is 0 Å². The first-order valence-corrected chi connectivity index (χ1v) is 6.47. The Labute approximate surface area is 112 Å².